The minimum Gasteiger partial charge on any atom is -0.382 e. The first-order valence-electron chi connectivity index (χ1n) is 4.37. The van der Waals surface area contributed by atoms with E-state index in [1.54, 1.807) is 6.20 Å². The Morgan fingerprint density at radius 2 is 2.54 bits per heavy atom. The summed E-state index contributed by atoms with van der Waals surface area (Å²) in [5.74, 6) is 0.559. The molecule has 1 aromatic heterocycles. The summed E-state index contributed by atoms with van der Waals surface area (Å²) in [5, 5.41) is 9.64. The Balaban J connectivity index is 2.36. The van der Waals surface area contributed by atoms with Crippen molar-refractivity contribution in [2.75, 3.05) is 24.3 Å². The number of anilines is 2. The average molecular weight is 184 g/mol. The number of H-pyrrole nitrogens is 1. The van der Waals surface area contributed by atoms with Gasteiger partial charge < -0.3 is 15.8 Å². The van der Waals surface area contributed by atoms with Gasteiger partial charge in [0.1, 0.15) is 5.82 Å². The van der Waals surface area contributed by atoms with Crippen LogP contribution < -0.4 is 11.1 Å². The summed E-state index contributed by atoms with van der Waals surface area (Å²) in [6.45, 7) is 5.40. The summed E-state index contributed by atoms with van der Waals surface area (Å²) in [6.07, 6.45) is 1.66. The average Bonchev–Trinajstić information content (AvgIpc) is 2.48. The Morgan fingerprint density at radius 1 is 1.77 bits per heavy atom. The van der Waals surface area contributed by atoms with Gasteiger partial charge in [0.15, 0.2) is 0 Å². The first-order chi connectivity index (χ1) is 6.24. The second-order valence-corrected chi connectivity index (χ2v) is 2.90. The molecule has 0 fully saturated rings. The third-order valence-corrected chi connectivity index (χ3v) is 1.64. The maximum Gasteiger partial charge on any atom is 0.142 e. The molecule has 74 valence electrons. The maximum atomic E-state index is 5.60. The number of ether oxygens (including phenoxy) is 1. The van der Waals surface area contributed by atoms with Crippen LogP contribution in [0, 0.1) is 0 Å². The number of nitrogens with zero attached hydrogens (tertiary/aromatic N) is 1. The van der Waals surface area contributed by atoms with Gasteiger partial charge >= 0.3 is 0 Å². The predicted octanol–water partition coefficient (Wildman–Crippen LogP) is 0.829. The molecule has 1 aromatic rings. The second kappa shape index (κ2) is 4.71. The van der Waals surface area contributed by atoms with Gasteiger partial charge in [-0.2, -0.15) is 5.10 Å². The molecule has 13 heavy (non-hydrogen) atoms. The van der Waals surface area contributed by atoms with Crippen molar-refractivity contribution in [2.45, 2.75) is 19.9 Å². The molecule has 1 atom stereocenters. The van der Waals surface area contributed by atoms with Crippen molar-refractivity contribution < 1.29 is 4.74 Å². The van der Waals surface area contributed by atoms with Crippen LogP contribution in [0.2, 0.25) is 0 Å². The number of rotatable bonds is 5. The van der Waals surface area contributed by atoms with E-state index in [0.29, 0.717) is 12.4 Å². The van der Waals surface area contributed by atoms with Crippen molar-refractivity contribution in [3.8, 4) is 0 Å². The van der Waals surface area contributed by atoms with Gasteiger partial charge in [-0.25, -0.2) is 0 Å². The van der Waals surface area contributed by atoms with Gasteiger partial charge in [0, 0.05) is 12.6 Å². The molecule has 0 aliphatic rings. The van der Waals surface area contributed by atoms with Crippen LogP contribution in [0.1, 0.15) is 13.8 Å². The van der Waals surface area contributed by atoms with Crippen LogP contribution in [-0.4, -0.2) is 29.5 Å². The summed E-state index contributed by atoms with van der Waals surface area (Å²) < 4.78 is 5.25. The van der Waals surface area contributed by atoms with Crippen molar-refractivity contribution in [1.82, 2.24) is 10.2 Å². The summed E-state index contributed by atoms with van der Waals surface area (Å²) in [7, 11) is 0. The van der Waals surface area contributed by atoms with Gasteiger partial charge in [-0.1, -0.05) is 0 Å². The SMILES string of the molecule is CCOCC(C)Nc1cn[nH]c1N. The molecule has 0 saturated carbocycles. The van der Waals surface area contributed by atoms with E-state index in [9.17, 15) is 0 Å². The van der Waals surface area contributed by atoms with E-state index in [0.717, 1.165) is 12.3 Å². The van der Waals surface area contributed by atoms with E-state index < -0.39 is 0 Å². The lowest BCUT2D eigenvalue weighted by Crippen LogP contribution is -2.21. The molecule has 5 nitrogen and oxygen atoms in total. The Morgan fingerprint density at radius 3 is 3.08 bits per heavy atom. The number of nitrogens with two attached hydrogens (primary N) is 1. The van der Waals surface area contributed by atoms with Gasteiger partial charge in [-0.15, -0.1) is 0 Å². The Hall–Kier alpha value is -1.23. The standard InChI is InChI=1S/C8H16N4O/c1-3-13-5-6(2)11-7-4-10-12-8(7)9/h4,6,11H,3,5H2,1-2H3,(H3,9,10,12). The van der Waals surface area contributed by atoms with Crippen molar-refractivity contribution in [3.63, 3.8) is 0 Å². The third kappa shape index (κ3) is 2.95. The molecule has 1 unspecified atom stereocenters. The lowest BCUT2D eigenvalue weighted by molar-refractivity contribution is 0.141. The zero-order valence-electron chi connectivity index (χ0n) is 8.00. The monoisotopic (exact) mass is 184 g/mol. The zero-order chi connectivity index (χ0) is 9.68. The number of aromatic amines is 1. The third-order valence-electron chi connectivity index (χ3n) is 1.64. The first-order valence-corrected chi connectivity index (χ1v) is 4.37. The van der Waals surface area contributed by atoms with Crippen LogP contribution in [0.5, 0.6) is 0 Å². The van der Waals surface area contributed by atoms with Crippen molar-refractivity contribution in [2.24, 2.45) is 0 Å². The highest BCUT2D eigenvalue weighted by Gasteiger charge is 2.05. The molecule has 1 rings (SSSR count). The Kier molecular flexibility index (Phi) is 3.57. The van der Waals surface area contributed by atoms with E-state index >= 15 is 0 Å². The van der Waals surface area contributed by atoms with E-state index in [-0.39, 0.29) is 6.04 Å². The minimum absolute atomic E-state index is 0.236. The topological polar surface area (TPSA) is 76.0 Å². The minimum atomic E-state index is 0.236. The number of nitrogens with one attached hydrogen (secondary N) is 2. The fourth-order valence-corrected chi connectivity index (χ4v) is 1.01. The molecule has 4 N–H and O–H groups in total. The zero-order valence-corrected chi connectivity index (χ0v) is 8.00. The molecule has 0 bridgehead atoms. The fraction of sp³-hybridized carbons (Fsp3) is 0.625. The summed E-state index contributed by atoms with van der Waals surface area (Å²) in [6, 6.07) is 0.236. The van der Waals surface area contributed by atoms with Crippen LogP contribution in [0.3, 0.4) is 0 Å². The Labute approximate surface area is 77.7 Å². The lowest BCUT2D eigenvalue weighted by Gasteiger charge is -2.13. The second-order valence-electron chi connectivity index (χ2n) is 2.90. The van der Waals surface area contributed by atoms with E-state index in [1.807, 2.05) is 13.8 Å². The quantitative estimate of drug-likeness (QED) is 0.633. The highest BCUT2D eigenvalue weighted by molar-refractivity contribution is 5.60. The van der Waals surface area contributed by atoms with E-state index in [4.69, 9.17) is 10.5 Å². The van der Waals surface area contributed by atoms with Gasteiger partial charge in [0.25, 0.3) is 0 Å². The summed E-state index contributed by atoms with van der Waals surface area (Å²) in [5.41, 5.74) is 6.42. The highest BCUT2D eigenvalue weighted by Crippen LogP contribution is 2.13. The fourth-order valence-electron chi connectivity index (χ4n) is 1.01. The number of nitrogen functional groups attached to an aromatic ring is 1. The van der Waals surface area contributed by atoms with E-state index in [2.05, 4.69) is 15.5 Å². The van der Waals surface area contributed by atoms with Gasteiger partial charge in [-0.3, -0.25) is 5.10 Å². The lowest BCUT2D eigenvalue weighted by atomic mass is 10.3. The van der Waals surface area contributed by atoms with Gasteiger partial charge in [0.2, 0.25) is 0 Å². The normalized spacial score (nSPS) is 12.8. The molecule has 0 saturated heterocycles. The van der Waals surface area contributed by atoms with E-state index in [1.165, 1.54) is 0 Å². The first kappa shape index (κ1) is 9.85. The van der Waals surface area contributed by atoms with Crippen LogP contribution in [0.25, 0.3) is 0 Å². The molecule has 5 heteroatoms. The molecule has 0 amide bonds. The molecule has 0 spiro atoms. The molecule has 0 aliphatic heterocycles. The molecule has 1 heterocycles. The summed E-state index contributed by atoms with van der Waals surface area (Å²) >= 11 is 0. The van der Waals surface area contributed by atoms with Crippen molar-refractivity contribution in [3.05, 3.63) is 6.20 Å². The van der Waals surface area contributed by atoms with Crippen LogP contribution >= 0.6 is 0 Å². The molecule has 0 aromatic carbocycles. The predicted molar refractivity (Wildman–Crippen MR) is 52.6 cm³/mol. The summed E-state index contributed by atoms with van der Waals surface area (Å²) in [4.78, 5) is 0. The van der Waals surface area contributed by atoms with Gasteiger partial charge in [-0.05, 0) is 13.8 Å². The number of hydrogen-bond acceptors (Lipinski definition) is 4. The van der Waals surface area contributed by atoms with Crippen molar-refractivity contribution >= 4 is 11.5 Å². The van der Waals surface area contributed by atoms with Crippen LogP contribution in [0.4, 0.5) is 11.5 Å². The Bertz CT molecular complexity index is 248. The molecule has 0 aliphatic carbocycles. The highest BCUT2D eigenvalue weighted by atomic mass is 16.5. The number of aromatic nitrogens is 2. The molecule has 0 radical (unpaired) electrons. The maximum absolute atomic E-state index is 5.60. The van der Waals surface area contributed by atoms with Crippen molar-refractivity contribution in [1.29, 1.82) is 0 Å². The molecular formula is C8H16N4O. The van der Waals surface area contributed by atoms with Crippen LogP contribution in [0.15, 0.2) is 6.20 Å². The van der Waals surface area contributed by atoms with Crippen LogP contribution in [-0.2, 0) is 4.74 Å². The largest absolute Gasteiger partial charge is 0.382 e. The number of hydrogen-bond donors (Lipinski definition) is 3. The molecular weight excluding hydrogens is 168 g/mol. The van der Waals surface area contributed by atoms with Gasteiger partial charge in [0.05, 0.1) is 18.5 Å². The smallest absolute Gasteiger partial charge is 0.142 e.